The Kier molecular flexibility index (Phi) is 3.60. The molecule has 7 nitrogen and oxygen atoms in total. The van der Waals surface area contributed by atoms with Gasteiger partial charge in [0, 0.05) is 13.0 Å². The van der Waals surface area contributed by atoms with E-state index in [-0.39, 0.29) is 6.61 Å². The lowest BCUT2D eigenvalue weighted by Crippen LogP contribution is -2.56. The lowest BCUT2D eigenvalue weighted by Gasteiger charge is -2.35. The zero-order valence-electron chi connectivity index (χ0n) is 9.28. The van der Waals surface area contributed by atoms with E-state index in [1.807, 2.05) is 0 Å². The van der Waals surface area contributed by atoms with Gasteiger partial charge in [-0.2, -0.15) is 0 Å². The highest BCUT2D eigenvalue weighted by Gasteiger charge is 2.42. The van der Waals surface area contributed by atoms with Gasteiger partial charge in [0.2, 0.25) is 0 Å². The molecule has 96 valence electrons. The number of hydrogen-bond acceptors (Lipinski definition) is 5. The third kappa shape index (κ3) is 2.41. The Balaban J connectivity index is 2.05. The van der Waals surface area contributed by atoms with Crippen molar-refractivity contribution in [2.24, 2.45) is 5.92 Å². The number of nitrogens with zero attached hydrogens (tertiary/aromatic N) is 1. The van der Waals surface area contributed by atoms with Crippen LogP contribution in [0.3, 0.4) is 0 Å². The minimum Gasteiger partial charge on any atom is -0.394 e. The molecule has 3 N–H and O–H groups in total. The van der Waals surface area contributed by atoms with E-state index in [2.05, 4.69) is 5.32 Å². The molecular formula is C10H16N2O5. The van der Waals surface area contributed by atoms with Gasteiger partial charge in [-0.15, -0.1) is 0 Å². The average Bonchev–Trinajstić information content (AvgIpc) is 2.72. The smallest absolute Gasteiger partial charge is 0.321 e. The van der Waals surface area contributed by atoms with Gasteiger partial charge < -0.3 is 25.1 Å². The van der Waals surface area contributed by atoms with Crippen molar-refractivity contribution in [2.45, 2.75) is 31.4 Å². The van der Waals surface area contributed by atoms with Crippen molar-refractivity contribution < 1.29 is 24.5 Å². The molecule has 0 aromatic rings. The maximum absolute atomic E-state index is 11.6. The first-order valence-corrected chi connectivity index (χ1v) is 5.62. The molecule has 2 saturated heterocycles. The van der Waals surface area contributed by atoms with E-state index in [1.165, 1.54) is 4.90 Å². The summed E-state index contributed by atoms with van der Waals surface area (Å²) in [6, 6.07) is -0.445. The number of aldehydes is 1. The molecule has 0 aromatic heterocycles. The van der Waals surface area contributed by atoms with Crippen LogP contribution in [0.15, 0.2) is 0 Å². The van der Waals surface area contributed by atoms with Crippen molar-refractivity contribution in [1.82, 2.24) is 10.2 Å². The van der Waals surface area contributed by atoms with E-state index in [0.29, 0.717) is 19.4 Å². The third-order valence-electron chi connectivity index (χ3n) is 3.11. The molecule has 2 fully saturated rings. The second kappa shape index (κ2) is 4.99. The molecule has 0 bridgehead atoms. The highest BCUT2D eigenvalue weighted by Crippen LogP contribution is 2.28. The van der Waals surface area contributed by atoms with Gasteiger partial charge in [0.25, 0.3) is 0 Å². The van der Waals surface area contributed by atoms with Crippen LogP contribution in [-0.2, 0) is 9.53 Å². The lowest BCUT2D eigenvalue weighted by molar-refractivity contribution is -0.118. The lowest BCUT2D eigenvalue weighted by atomic mass is 10.0. The first-order chi connectivity index (χ1) is 8.15. The summed E-state index contributed by atoms with van der Waals surface area (Å²) in [7, 11) is 0. The molecule has 3 unspecified atom stereocenters. The van der Waals surface area contributed by atoms with Crippen molar-refractivity contribution >= 4 is 12.3 Å². The first kappa shape index (κ1) is 12.3. The number of amides is 2. The van der Waals surface area contributed by atoms with Gasteiger partial charge >= 0.3 is 6.03 Å². The first-order valence-electron chi connectivity index (χ1n) is 5.62. The summed E-state index contributed by atoms with van der Waals surface area (Å²) in [5.41, 5.74) is 0. The molecule has 4 atom stereocenters. The zero-order chi connectivity index (χ0) is 12.4. The number of carbonyl (C=O) groups is 2. The maximum atomic E-state index is 11.6. The van der Waals surface area contributed by atoms with Gasteiger partial charge in [-0.1, -0.05) is 0 Å². The van der Waals surface area contributed by atoms with Crippen LogP contribution in [0.25, 0.3) is 0 Å². The van der Waals surface area contributed by atoms with Crippen LogP contribution in [0.1, 0.15) is 12.8 Å². The largest absolute Gasteiger partial charge is 0.394 e. The molecule has 7 heteroatoms. The molecule has 0 spiro atoms. The van der Waals surface area contributed by atoms with Crippen molar-refractivity contribution in [3.8, 4) is 0 Å². The summed E-state index contributed by atoms with van der Waals surface area (Å²) in [5.74, 6) is -0.423. The van der Waals surface area contributed by atoms with E-state index in [9.17, 15) is 14.7 Å². The summed E-state index contributed by atoms with van der Waals surface area (Å²) in [6.07, 6.45) is -0.341. The highest BCUT2D eigenvalue weighted by atomic mass is 16.5. The van der Waals surface area contributed by atoms with E-state index in [4.69, 9.17) is 9.84 Å². The maximum Gasteiger partial charge on any atom is 0.321 e. The number of rotatable bonds is 3. The Hall–Kier alpha value is -1.18. The topological polar surface area (TPSA) is 99.1 Å². The molecule has 17 heavy (non-hydrogen) atoms. The molecule has 0 aliphatic carbocycles. The summed E-state index contributed by atoms with van der Waals surface area (Å²) in [5, 5.41) is 20.6. The average molecular weight is 244 g/mol. The van der Waals surface area contributed by atoms with Gasteiger partial charge in [0.15, 0.2) is 0 Å². The molecule has 2 heterocycles. The Morgan fingerprint density at radius 1 is 1.59 bits per heavy atom. The van der Waals surface area contributed by atoms with Gasteiger partial charge in [0.05, 0.1) is 18.6 Å². The molecule has 2 aliphatic rings. The quantitative estimate of drug-likeness (QED) is 0.533. The number of ether oxygens (including phenoxy) is 1. The van der Waals surface area contributed by atoms with Gasteiger partial charge in [-0.05, 0) is 6.42 Å². The monoisotopic (exact) mass is 244 g/mol. The number of aliphatic hydroxyl groups is 2. The minimum absolute atomic E-state index is 0.168. The van der Waals surface area contributed by atoms with Crippen molar-refractivity contribution in [3.05, 3.63) is 0 Å². The number of hydrogen-bond donors (Lipinski definition) is 3. The fourth-order valence-electron chi connectivity index (χ4n) is 2.22. The van der Waals surface area contributed by atoms with E-state index < -0.39 is 30.5 Å². The Labute approximate surface area is 98.3 Å². The van der Waals surface area contributed by atoms with Crippen molar-refractivity contribution in [3.63, 3.8) is 0 Å². The Bertz CT molecular complexity index is 311. The summed E-state index contributed by atoms with van der Waals surface area (Å²) < 4.78 is 5.46. The Morgan fingerprint density at radius 2 is 2.35 bits per heavy atom. The minimum atomic E-state index is -0.844. The summed E-state index contributed by atoms with van der Waals surface area (Å²) in [6.45, 7) is 0.166. The zero-order valence-corrected chi connectivity index (χ0v) is 9.28. The normalized spacial score (nSPS) is 38.0. The van der Waals surface area contributed by atoms with Crippen LogP contribution in [0.2, 0.25) is 0 Å². The fraction of sp³-hybridized carbons (Fsp3) is 0.800. The van der Waals surface area contributed by atoms with Crippen LogP contribution < -0.4 is 5.32 Å². The highest BCUT2D eigenvalue weighted by molar-refractivity contribution is 5.76. The van der Waals surface area contributed by atoms with E-state index in [1.54, 1.807) is 0 Å². The number of nitrogens with one attached hydrogen (secondary N) is 1. The Morgan fingerprint density at radius 3 is 2.94 bits per heavy atom. The van der Waals surface area contributed by atoms with E-state index in [0.717, 1.165) is 6.29 Å². The third-order valence-corrected chi connectivity index (χ3v) is 3.11. The predicted molar refractivity (Wildman–Crippen MR) is 55.8 cm³/mol. The molecule has 2 rings (SSSR count). The van der Waals surface area contributed by atoms with Crippen molar-refractivity contribution in [2.75, 3.05) is 13.2 Å². The molecule has 2 aliphatic heterocycles. The van der Waals surface area contributed by atoms with Crippen LogP contribution >= 0.6 is 0 Å². The summed E-state index contributed by atoms with van der Waals surface area (Å²) in [4.78, 5) is 24.0. The standard InChI is InChI=1S/C10H16N2O5/c13-4-6-3-7(5-14)17-9(6)12-2-1-8(15)11-10(12)16/h4,6-9,14-15H,1-3,5H2,(H,11,16)/t6?,7?,8?,9-/m1/s1. The second-order valence-corrected chi connectivity index (χ2v) is 4.31. The number of aliphatic hydroxyl groups excluding tert-OH is 2. The van der Waals surface area contributed by atoms with Crippen LogP contribution in [-0.4, -0.2) is 59.1 Å². The summed E-state index contributed by atoms with van der Waals surface area (Å²) >= 11 is 0. The van der Waals surface area contributed by atoms with Crippen molar-refractivity contribution in [1.29, 1.82) is 0 Å². The molecule has 0 radical (unpaired) electrons. The predicted octanol–water partition coefficient (Wildman–Crippen LogP) is -1.36. The van der Waals surface area contributed by atoms with Gasteiger partial charge in [0.1, 0.15) is 18.7 Å². The van der Waals surface area contributed by atoms with Crippen LogP contribution in [0, 0.1) is 5.92 Å². The fourth-order valence-corrected chi connectivity index (χ4v) is 2.22. The number of carbonyl (C=O) groups excluding carboxylic acids is 2. The SMILES string of the molecule is O=CC1CC(CO)O[C@H]1N1CCC(O)NC1=O. The second-order valence-electron chi connectivity index (χ2n) is 4.31. The van der Waals surface area contributed by atoms with Gasteiger partial charge in [-0.3, -0.25) is 4.90 Å². The molecule has 0 saturated carbocycles. The molecule has 0 aromatic carbocycles. The molecule has 2 amide bonds. The van der Waals surface area contributed by atoms with Crippen LogP contribution in [0.4, 0.5) is 4.79 Å². The van der Waals surface area contributed by atoms with Crippen LogP contribution in [0.5, 0.6) is 0 Å². The molecular weight excluding hydrogens is 228 g/mol. The number of urea groups is 1. The van der Waals surface area contributed by atoms with Gasteiger partial charge in [-0.25, -0.2) is 4.79 Å². The van der Waals surface area contributed by atoms with E-state index >= 15 is 0 Å².